The molecule has 4 rings (SSSR count). The van der Waals surface area contributed by atoms with Crippen LogP contribution in [0.25, 0.3) is 0 Å². The Morgan fingerprint density at radius 2 is 1.71 bits per heavy atom. The van der Waals surface area contributed by atoms with Gasteiger partial charge in [-0.2, -0.15) is 0 Å². The van der Waals surface area contributed by atoms with Gasteiger partial charge in [-0.3, -0.25) is 10.1 Å². The summed E-state index contributed by atoms with van der Waals surface area (Å²) in [4.78, 5) is 24.3. The summed E-state index contributed by atoms with van der Waals surface area (Å²) in [5.41, 5.74) is 3.51. The average molecular weight is 465 g/mol. The summed E-state index contributed by atoms with van der Waals surface area (Å²) in [6.45, 7) is 1.22. The van der Waals surface area contributed by atoms with Crippen molar-refractivity contribution in [2.45, 2.75) is 13.1 Å². The van der Waals surface area contributed by atoms with Crippen LogP contribution in [0.1, 0.15) is 21.5 Å². The van der Waals surface area contributed by atoms with E-state index in [0.717, 1.165) is 16.8 Å². The van der Waals surface area contributed by atoms with Crippen molar-refractivity contribution in [2.75, 3.05) is 31.5 Å². The van der Waals surface area contributed by atoms with E-state index in [0.29, 0.717) is 36.0 Å². The molecule has 0 aliphatic carbocycles. The van der Waals surface area contributed by atoms with E-state index in [-0.39, 0.29) is 16.9 Å². The molecule has 0 bridgehead atoms. The van der Waals surface area contributed by atoms with Crippen LogP contribution in [0.2, 0.25) is 0 Å². The Morgan fingerprint density at radius 3 is 2.35 bits per heavy atom. The molecule has 1 aliphatic rings. The molecule has 176 valence electrons. The number of nitro benzene ring substituents is 1. The molecule has 0 amide bonds. The fourth-order valence-electron chi connectivity index (χ4n) is 4.07. The van der Waals surface area contributed by atoms with Crippen LogP contribution in [0.4, 0.5) is 22.7 Å². The third-order valence-electron chi connectivity index (χ3n) is 5.68. The molecule has 3 aromatic rings. The van der Waals surface area contributed by atoms with E-state index in [1.807, 2.05) is 30.3 Å². The number of hydrogen-bond acceptors (Lipinski definition) is 8. The summed E-state index contributed by atoms with van der Waals surface area (Å²) in [5.74, 6) is 0.464. The number of methoxy groups -OCH3 is 3. The third-order valence-corrected chi connectivity index (χ3v) is 5.68. The standard InChI is InChI=1S/C24H23N3O7/c1-32-21-9-8-20(22(33-2)23(21)34-3)26-12-14-4-5-16(10-15(14)13-26)25-19-11-17(27(30)31)6-7-18(19)24(28)29/h4-11,25H,12-13H2,1-3H3,(H,28,29). The predicted molar refractivity (Wildman–Crippen MR) is 126 cm³/mol. The number of ether oxygens (including phenoxy) is 3. The predicted octanol–water partition coefficient (Wildman–Crippen LogP) is 4.58. The van der Waals surface area contributed by atoms with E-state index in [2.05, 4.69) is 10.2 Å². The molecule has 0 saturated heterocycles. The smallest absolute Gasteiger partial charge is 0.337 e. The van der Waals surface area contributed by atoms with Gasteiger partial charge in [0.05, 0.1) is 43.2 Å². The first-order chi connectivity index (χ1) is 16.4. The van der Waals surface area contributed by atoms with Gasteiger partial charge < -0.3 is 29.5 Å². The summed E-state index contributed by atoms with van der Waals surface area (Å²) in [7, 11) is 4.69. The van der Waals surface area contributed by atoms with Crippen molar-refractivity contribution < 1.29 is 29.0 Å². The normalized spacial score (nSPS) is 12.1. The Labute approximate surface area is 195 Å². The molecule has 1 heterocycles. The van der Waals surface area contributed by atoms with Gasteiger partial charge in [0.25, 0.3) is 5.69 Å². The number of nitro groups is 1. The lowest BCUT2D eigenvalue weighted by molar-refractivity contribution is -0.384. The summed E-state index contributed by atoms with van der Waals surface area (Å²) in [5, 5.41) is 23.6. The molecule has 0 radical (unpaired) electrons. The average Bonchev–Trinajstić information content (AvgIpc) is 3.25. The van der Waals surface area contributed by atoms with Crippen molar-refractivity contribution in [1.82, 2.24) is 0 Å². The largest absolute Gasteiger partial charge is 0.493 e. The van der Waals surface area contributed by atoms with Crippen LogP contribution >= 0.6 is 0 Å². The summed E-state index contributed by atoms with van der Waals surface area (Å²) in [6, 6.07) is 13.0. The minimum absolute atomic E-state index is 0.0530. The van der Waals surface area contributed by atoms with Gasteiger partial charge in [-0.1, -0.05) is 6.07 Å². The van der Waals surface area contributed by atoms with Crippen LogP contribution in [0, 0.1) is 10.1 Å². The number of hydrogen-bond donors (Lipinski definition) is 2. The quantitative estimate of drug-likeness (QED) is 0.363. The van der Waals surface area contributed by atoms with Crippen LogP contribution in [-0.4, -0.2) is 37.3 Å². The number of nitrogens with one attached hydrogen (secondary N) is 1. The minimum Gasteiger partial charge on any atom is -0.493 e. The van der Waals surface area contributed by atoms with Crippen molar-refractivity contribution in [3.8, 4) is 17.2 Å². The van der Waals surface area contributed by atoms with E-state index >= 15 is 0 Å². The second-order valence-electron chi connectivity index (χ2n) is 7.61. The molecule has 3 aromatic carbocycles. The number of fused-ring (bicyclic) bond motifs is 1. The molecule has 1 aliphatic heterocycles. The second kappa shape index (κ2) is 9.18. The van der Waals surface area contributed by atoms with Gasteiger partial charge in [-0.25, -0.2) is 4.79 Å². The Hall–Kier alpha value is -4.47. The van der Waals surface area contributed by atoms with Crippen molar-refractivity contribution in [3.05, 3.63) is 75.3 Å². The van der Waals surface area contributed by atoms with Crippen molar-refractivity contribution >= 4 is 28.7 Å². The van der Waals surface area contributed by atoms with Crippen LogP contribution in [0.5, 0.6) is 17.2 Å². The zero-order chi connectivity index (χ0) is 24.4. The van der Waals surface area contributed by atoms with E-state index < -0.39 is 10.9 Å². The molecule has 10 nitrogen and oxygen atoms in total. The molecule has 10 heteroatoms. The van der Waals surface area contributed by atoms with Gasteiger partial charge in [0.2, 0.25) is 5.75 Å². The summed E-state index contributed by atoms with van der Waals surface area (Å²) >= 11 is 0. The highest BCUT2D eigenvalue weighted by molar-refractivity contribution is 5.95. The Bertz CT molecular complexity index is 1280. The molecule has 0 atom stereocenters. The molecule has 2 N–H and O–H groups in total. The van der Waals surface area contributed by atoms with Crippen LogP contribution in [0.15, 0.2) is 48.5 Å². The fourth-order valence-corrected chi connectivity index (χ4v) is 4.07. The number of nitrogens with zero attached hydrogens (tertiary/aromatic N) is 2. The van der Waals surface area contributed by atoms with Crippen LogP contribution in [0.3, 0.4) is 0 Å². The van der Waals surface area contributed by atoms with E-state index in [9.17, 15) is 20.0 Å². The minimum atomic E-state index is -1.18. The molecule has 0 spiro atoms. The molecular formula is C24H23N3O7. The number of aromatic carboxylic acids is 1. The van der Waals surface area contributed by atoms with Gasteiger partial charge in [0.1, 0.15) is 0 Å². The number of carbonyl (C=O) groups is 1. The lowest BCUT2D eigenvalue weighted by atomic mass is 10.1. The Morgan fingerprint density at radius 1 is 0.971 bits per heavy atom. The highest BCUT2D eigenvalue weighted by Gasteiger charge is 2.26. The van der Waals surface area contributed by atoms with Gasteiger partial charge >= 0.3 is 5.97 Å². The number of anilines is 3. The number of carboxylic acids is 1. The number of rotatable bonds is 8. The number of non-ortho nitro benzene ring substituents is 1. The Kier molecular flexibility index (Phi) is 6.13. The molecule has 0 saturated carbocycles. The lowest BCUT2D eigenvalue weighted by Crippen LogP contribution is -2.16. The second-order valence-corrected chi connectivity index (χ2v) is 7.61. The third kappa shape index (κ3) is 4.13. The van der Waals surface area contributed by atoms with Gasteiger partial charge in [0.15, 0.2) is 11.5 Å². The van der Waals surface area contributed by atoms with Crippen LogP contribution < -0.4 is 24.4 Å². The van der Waals surface area contributed by atoms with Crippen molar-refractivity contribution in [3.63, 3.8) is 0 Å². The van der Waals surface area contributed by atoms with Gasteiger partial charge in [0, 0.05) is 30.9 Å². The summed E-state index contributed by atoms with van der Waals surface area (Å²) < 4.78 is 16.5. The zero-order valence-electron chi connectivity index (χ0n) is 18.8. The first kappa shape index (κ1) is 22.7. The summed E-state index contributed by atoms with van der Waals surface area (Å²) in [6.07, 6.45) is 0. The van der Waals surface area contributed by atoms with Gasteiger partial charge in [-0.15, -0.1) is 0 Å². The SMILES string of the molecule is COc1ccc(N2Cc3ccc(Nc4cc([N+](=O)[O-])ccc4C(=O)O)cc3C2)c(OC)c1OC. The molecule has 0 fully saturated rings. The maximum Gasteiger partial charge on any atom is 0.337 e. The number of carboxylic acid groups (broad SMARTS) is 1. The fraction of sp³-hybridized carbons (Fsp3) is 0.208. The molecular weight excluding hydrogens is 442 g/mol. The monoisotopic (exact) mass is 465 g/mol. The van der Waals surface area contributed by atoms with E-state index in [1.165, 1.54) is 18.2 Å². The number of benzene rings is 3. The topological polar surface area (TPSA) is 123 Å². The van der Waals surface area contributed by atoms with Gasteiger partial charge in [-0.05, 0) is 41.5 Å². The first-order valence-corrected chi connectivity index (χ1v) is 10.3. The van der Waals surface area contributed by atoms with Crippen molar-refractivity contribution in [2.24, 2.45) is 0 Å². The zero-order valence-corrected chi connectivity index (χ0v) is 18.8. The van der Waals surface area contributed by atoms with Crippen molar-refractivity contribution in [1.29, 1.82) is 0 Å². The van der Waals surface area contributed by atoms with E-state index in [1.54, 1.807) is 21.3 Å². The van der Waals surface area contributed by atoms with Crippen LogP contribution in [-0.2, 0) is 13.1 Å². The maximum atomic E-state index is 11.6. The highest BCUT2D eigenvalue weighted by atomic mass is 16.6. The molecule has 0 unspecified atom stereocenters. The molecule has 34 heavy (non-hydrogen) atoms. The molecule has 0 aromatic heterocycles. The highest BCUT2D eigenvalue weighted by Crippen LogP contribution is 2.46. The van der Waals surface area contributed by atoms with E-state index in [4.69, 9.17) is 14.2 Å². The lowest BCUT2D eigenvalue weighted by Gasteiger charge is -2.23. The maximum absolute atomic E-state index is 11.6. The Balaban J connectivity index is 1.63. The first-order valence-electron chi connectivity index (χ1n) is 10.3.